The topological polar surface area (TPSA) is 0 Å². The third-order valence-corrected chi connectivity index (χ3v) is 1.94. The van der Waals surface area contributed by atoms with Gasteiger partial charge in [0.25, 0.3) is 0 Å². The van der Waals surface area contributed by atoms with Crippen LogP contribution in [0.4, 0.5) is 22.0 Å². The average molecular weight is 228 g/mol. The molecule has 0 fully saturated rings. The molecule has 0 aliphatic carbocycles. The summed E-state index contributed by atoms with van der Waals surface area (Å²) < 4.78 is 61.8. The fraction of sp³-hybridized carbons (Fsp3) is 0.250. The average Bonchev–Trinajstić information content (AvgIpc) is 2.01. The summed E-state index contributed by atoms with van der Waals surface area (Å²) in [5, 5.41) is 0. The predicted octanol–water partition coefficient (Wildman–Crippen LogP) is 3.41. The summed E-state index contributed by atoms with van der Waals surface area (Å²) >= 11 is 3.60. The van der Waals surface area contributed by atoms with E-state index >= 15 is 0 Å². The van der Waals surface area contributed by atoms with Crippen LogP contribution < -0.4 is 0 Å². The summed E-state index contributed by atoms with van der Waals surface area (Å²) in [6.07, 6.45) is -4.74. The van der Waals surface area contributed by atoms with Gasteiger partial charge in [0.1, 0.15) is 11.6 Å². The fourth-order valence-corrected chi connectivity index (χ4v) is 1.22. The molecule has 1 aromatic rings. The summed E-state index contributed by atoms with van der Waals surface area (Å²) in [6.45, 7) is 0. The molecule has 1 rings (SSSR count). The summed E-state index contributed by atoms with van der Waals surface area (Å²) in [7, 11) is 0. The lowest BCUT2D eigenvalue weighted by Crippen LogP contribution is -2.07. The number of rotatable bonds is 1. The van der Waals surface area contributed by atoms with Crippen LogP contribution >= 0.6 is 12.6 Å². The molecular formula is C8H5F5S. The number of benzene rings is 1. The molecule has 0 aliphatic heterocycles. The highest BCUT2D eigenvalue weighted by Gasteiger charge is 2.32. The molecule has 0 saturated carbocycles. The van der Waals surface area contributed by atoms with Crippen molar-refractivity contribution >= 4 is 12.6 Å². The SMILES string of the molecule is Fc1cc(C(F)(F)F)cc(F)c1CS. The van der Waals surface area contributed by atoms with Crippen LogP contribution in [0.3, 0.4) is 0 Å². The van der Waals surface area contributed by atoms with Gasteiger partial charge in [-0.3, -0.25) is 0 Å². The molecular weight excluding hydrogens is 223 g/mol. The molecule has 0 spiro atoms. The van der Waals surface area contributed by atoms with E-state index in [1.165, 1.54) is 0 Å². The van der Waals surface area contributed by atoms with Gasteiger partial charge in [-0.25, -0.2) is 8.78 Å². The minimum atomic E-state index is -4.74. The first-order valence-corrected chi connectivity index (χ1v) is 4.15. The van der Waals surface area contributed by atoms with Crippen LogP contribution in [-0.4, -0.2) is 0 Å². The number of hydrogen-bond donors (Lipinski definition) is 1. The van der Waals surface area contributed by atoms with E-state index in [0.717, 1.165) is 0 Å². The Morgan fingerprint density at radius 1 is 1.07 bits per heavy atom. The number of alkyl halides is 3. The van der Waals surface area contributed by atoms with Gasteiger partial charge in [0.2, 0.25) is 0 Å². The van der Waals surface area contributed by atoms with Gasteiger partial charge in [-0.15, -0.1) is 0 Å². The third-order valence-electron chi connectivity index (χ3n) is 1.63. The summed E-state index contributed by atoms with van der Waals surface area (Å²) in [4.78, 5) is 0. The predicted molar refractivity (Wildman–Crippen MR) is 44.1 cm³/mol. The lowest BCUT2D eigenvalue weighted by atomic mass is 10.1. The lowest BCUT2D eigenvalue weighted by molar-refractivity contribution is -0.138. The van der Waals surface area contributed by atoms with Crippen molar-refractivity contribution in [3.8, 4) is 0 Å². The second-order valence-corrected chi connectivity index (χ2v) is 2.89. The highest BCUT2D eigenvalue weighted by Crippen LogP contribution is 2.31. The molecule has 0 radical (unpaired) electrons. The molecule has 0 aromatic heterocycles. The summed E-state index contributed by atoms with van der Waals surface area (Å²) in [6, 6.07) is 0.517. The van der Waals surface area contributed by atoms with Crippen molar-refractivity contribution in [1.82, 2.24) is 0 Å². The highest BCUT2D eigenvalue weighted by molar-refractivity contribution is 7.79. The van der Waals surface area contributed by atoms with Gasteiger partial charge in [-0.05, 0) is 12.1 Å². The molecule has 78 valence electrons. The summed E-state index contributed by atoms with van der Waals surface area (Å²) in [5.41, 5.74) is -1.79. The fourth-order valence-electron chi connectivity index (χ4n) is 0.918. The first-order chi connectivity index (χ1) is 6.36. The van der Waals surface area contributed by atoms with Crippen LogP contribution in [0.25, 0.3) is 0 Å². The van der Waals surface area contributed by atoms with Crippen LogP contribution in [0.15, 0.2) is 12.1 Å². The zero-order valence-corrected chi connectivity index (χ0v) is 7.59. The number of hydrogen-bond acceptors (Lipinski definition) is 1. The largest absolute Gasteiger partial charge is 0.416 e. The van der Waals surface area contributed by atoms with E-state index in [1.54, 1.807) is 0 Å². The Kier molecular flexibility index (Phi) is 3.04. The molecule has 1 aromatic carbocycles. The Bertz CT molecular complexity index is 321. The van der Waals surface area contributed by atoms with Crippen LogP contribution in [0.5, 0.6) is 0 Å². The van der Waals surface area contributed by atoms with Gasteiger partial charge in [-0.2, -0.15) is 25.8 Å². The smallest absolute Gasteiger partial charge is 0.207 e. The molecule has 0 atom stereocenters. The van der Waals surface area contributed by atoms with Gasteiger partial charge >= 0.3 is 6.18 Å². The minimum Gasteiger partial charge on any atom is -0.207 e. The van der Waals surface area contributed by atoms with Crippen LogP contribution in [0.1, 0.15) is 11.1 Å². The third kappa shape index (κ3) is 2.17. The maximum absolute atomic E-state index is 12.9. The van der Waals surface area contributed by atoms with E-state index in [4.69, 9.17) is 0 Å². The standard InChI is InChI=1S/C8H5F5S/c9-6-1-4(8(11,12)13)2-7(10)5(6)3-14/h1-2,14H,3H2. The first kappa shape index (κ1) is 11.3. The first-order valence-electron chi connectivity index (χ1n) is 3.52. The van der Waals surface area contributed by atoms with Crippen molar-refractivity contribution in [1.29, 1.82) is 0 Å². The number of thiol groups is 1. The quantitative estimate of drug-likeness (QED) is 0.552. The summed E-state index contributed by atoms with van der Waals surface area (Å²) in [5.74, 6) is -2.74. The Morgan fingerprint density at radius 3 is 1.79 bits per heavy atom. The molecule has 0 nitrogen and oxygen atoms in total. The second kappa shape index (κ2) is 3.76. The van der Waals surface area contributed by atoms with Crippen LogP contribution in [-0.2, 0) is 11.9 Å². The lowest BCUT2D eigenvalue weighted by Gasteiger charge is -2.09. The van der Waals surface area contributed by atoms with Gasteiger partial charge in [0, 0.05) is 11.3 Å². The van der Waals surface area contributed by atoms with E-state index < -0.39 is 28.9 Å². The zero-order valence-electron chi connectivity index (χ0n) is 6.70. The van der Waals surface area contributed by atoms with Crippen molar-refractivity contribution < 1.29 is 22.0 Å². The molecule has 14 heavy (non-hydrogen) atoms. The van der Waals surface area contributed by atoms with Crippen molar-refractivity contribution in [2.75, 3.05) is 0 Å². The Labute approximate surface area is 82.1 Å². The normalized spacial score (nSPS) is 11.9. The second-order valence-electron chi connectivity index (χ2n) is 2.57. The monoisotopic (exact) mass is 228 g/mol. The Balaban J connectivity index is 3.28. The molecule has 0 aliphatic rings. The maximum Gasteiger partial charge on any atom is 0.416 e. The molecule has 0 bridgehead atoms. The van der Waals surface area contributed by atoms with Crippen molar-refractivity contribution in [3.05, 3.63) is 34.9 Å². The number of halogens is 5. The minimum absolute atomic E-state index is 0.259. The van der Waals surface area contributed by atoms with E-state index in [2.05, 4.69) is 12.6 Å². The van der Waals surface area contributed by atoms with E-state index in [0.29, 0.717) is 0 Å². The van der Waals surface area contributed by atoms with Gasteiger partial charge in [0.05, 0.1) is 5.56 Å². The van der Waals surface area contributed by atoms with Crippen LogP contribution in [0, 0.1) is 11.6 Å². The molecule has 0 unspecified atom stereocenters. The molecule has 0 N–H and O–H groups in total. The molecule has 0 heterocycles. The maximum atomic E-state index is 12.9. The van der Waals surface area contributed by atoms with Gasteiger partial charge in [0.15, 0.2) is 0 Å². The van der Waals surface area contributed by atoms with Gasteiger partial charge < -0.3 is 0 Å². The Morgan fingerprint density at radius 2 is 1.50 bits per heavy atom. The molecule has 6 heteroatoms. The molecule has 0 saturated heterocycles. The van der Waals surface area contributed by atoms with E-state index in [1.807, 2.05) is 0 Å². The van der Waals surface area contributed by atoms with Crippen molar-refractivity contribution in [2.24, 2.45) is 0 Å². The Hall–Kier alpha value is -0.780. The van der Waals surface area contributed by atoms with Crippen molar-refractivity contribution in [3.63, 3.8) is 0 Å². The highest BCUT2D eigenvalue weighted by atomic mass is 32.1. The van der Waals surface area contributed by atoms with E-state index in [-0.39, 0.29) is 17.9 Å². The zero-order chi connectivity index (χ0) is 10.9. The van der Waals surface area contributed by atoms with Gasteiger partial charge in [-0.1, -0.05) is 0 Å². The van der Waals surface area contributed by atoms with Crippen molar-refractivity contribution in [2.45, 2.75) is 11.9 Å². The van der Waals surface area contributed by atoms with E-state index in [9.17, 15) is 22.0 Å². The molecule has 0 amide bonds. The van der Waals surface area contributed by atoms with Crippen LogP contribution in [0.2, 0.25) is 0 Å².